The Kier molecular flexibility index (Phi) is 2.77. The predicted octanol–water partition coefficient (Wildman–Crippen LogP) is 1.75. The number of carbonyl (C=O) groups is 1. The quantitative estimate of drug-likeness (QED) is 0.825. The van der Waals surface area contributed by atoms with Gasteiger partial charge in [0.1, 0.15) is 5.69 Å². The molecule has 4 nitrogen and oxygen atoms in total. The van der Waals surface area contributed by atoms with Crippen molar-refractivity contribution in [3.8, 4) is 0 Å². The Morgan fingerprint density at radius 1 is 1.67 bits per heavy atom. The van der Waals surface area contributed by atoms with Gasteiger partial charge in [-0.3, -0.25) is 0 Å². The lowest BCUT2D eigenvalue weighted by molar-refractivity contribution is 0.0444. The molecule has 1 aliphatic heterocycles. The van der Waals surface area contributed by atoms with Gasteiger partial charge in [0.05, 0.1) is 12.2 Å². The highest BCUT2D eigenvalue weighted by Crippen LogP contribution is 2.21. The number of rotatable bonds is 3. The van der Waals surface area contributed by atoms with Crippen LogP contribution < -0.4 is 0 Å². The molecule has 0 aliphatic carbocycles. The van der Waals surface area contributed by atoms with Crippen LogP contribution in [0, 0.1) is 0 Å². The van der Waals surface area contributed by atoms with Gasteiger partial charge in [-0.1, -0.05) is 0 Å². The lowest BCUT2D eigenvalue weighted by Crippen LogP contribution is -2.19. The SMILES string of the molecule is CC1CCC(Cn2cccc2C(=O)O)O1. The second-order valence-electron chi connectivity index (χ2n) is 4.00. The van der Waals surface area contributed by atoms with E-state index in [-0.39, 0.29) is 6.10 Å². The summed E-state index contributed by atoms with van der Waals surface area (Å²) in [5, 5.41) is 8.92. The van der Waals surface area contributed by atoms with E-state index >= 15 is 0 Å². The average molecular weight is 209 g/mol. The van der Waals surface area contributed by atoms with Crippen molar-refractivity contribution in [2.75, 3.05) is 0 Å². The maximum Gasteiger partial charge on any atom is 0.352 e. The monoisotopic (exact) mass is 209 g/mol. The zero-order valence-corrected chi connectivity index (χ0v) is 8.72. The maximum absolute atomic E-state index is 10.9. The molecule has 2 heterocycles. The molecule has 1 aliphatic rings. The number of hydrogen-bond acceptors (Lipinski definition) is 2. The highest BCUT2D eigenvalue weighted by Gasteiger charge is 2.23. The molecule has 0 saturated carbocycles. The second kappa shape index (κ2) is 4.06. The van der Waals surface area contributed by atoms with Crippen molar-refractivity contribution < 1.29 is 14.6 Å². The highest BCUT2D eigenvalue weighted by atomic mass is 16.5. The largest absolute Gasteiger partial charge is 0.477 e. The number of carboxylic acids is 1. The van der Waals surface area contributed by atoms with Gasteiger partial charge < -0.3 is 14.4 Å². The molecule has 1 fully saturated rings. The summed E-state index contributed by atoms with van der Waals surface area (Å²) in [4.78, 5) is 10.9. The molecule has 2 atom stereocenters. The lowest BCUT2D eigenvalue weighted by Gasteiger charge is -2.13. The molecular weight excluding hydrogens is 194 g/mol. The fourth-order valence-electron chi connectivity index (χ4n) is 2.01. The normalized spacial score (nSPS) is 25.7. The first-order chi connectivity index (χ1) is 7.16. The number of nitrogens with zero attached hydrogens (tertiary/aromatic N) is 1. The first-order valence-electron chi connectivity index (χ1n) is 5.20. The van der Waals surface area contributed by atoms with Gasteiger partial charge >= 0.3 is 5.97 Å². The van der Waals surface area contributed by atoms with Crippen LogP contribution in [0.5, 0.6) is 0 Å². The fourth-order valence-corrected chi connectivity index (χ4v) is 2.01. The third-order valence-corrected chi connectivity index (χ3v) is 2.77. The smallest absolute Gasteiger partial charge is 0.352 e. The summed E-state index contributed by atoms with van der Waals surface area (Å²) in [5.41, 5.74) is 0.332. The number of aromatic carboxylic acids is 1. The van der Waals surface area contributed by atoms with E-state index in [1.54, 1.807) is 22.9 Å². The molecule has 0 bridgehead atoms. The molecular formula is C11H15NO3. The van der Waals surface area contributed by atoms with Gasteiger partial charge in [-0.15, -0.1) is 0 Å². The van der Waals surface area contributed by atoms with Crippen LogP contribution in [0.1, 0.15) is 30.3 Å². The molecule has 1 aromatic rings. The van der Waals surface area contributed by atoms with E-state index in [0.717, 1.165) is 12.8 Å². The van der Waals surface area contributed by atoms with Gasteiger partial charge in [0.25, 0.3) is 0 Å². The zero-order valence-electron chi connectivity index (χ0n) is 8.72. The van der Waals surface area contributed by atoms with Gasteiger partial charge in [-0.25, -0.2) is 4.79 Å². The third kappa shape index (κ3) is 2.21. The minimum Gasteiger partial charge on any atom is -0.477 e. The van der Waals surface area contributed by atoms with Crippen molar-refractivity contribution >= 4 is 5.97 Å². The maximum atomic E-state index is 10.9. The molecule has 82 valence electrons. The van der Waals surface area contributed by atoms with E-state index in [1.807, 2.05) is 6.92 Å². The first-order valence-corrected chi connectivity index (χ1v) is 5.20. The Bertz CT molecular complexity index is 358. The van der Waals surface area contributed by atoms with Crippen LogP contribution in [0.15, 0.2) is 18.3 Å². The summed E-state index contributed by atoms with van der Waals surface area (Å²) in [6.07, 6.45) is 4.33. The van der Waals surface area contributed by atoms with Crippen molar-refractivity contribution in [3.05, 3.63) is 24.0 Å². The molecule has 1 saturated heterocycles. The zero-order chi connectivity index (χ0) is 10.8. The van der Waals surface area contributed by atoms with Crippen molar-refractivity contribution in [2.24, 2.45) is 0 Å². The third-order valence-electron chi connectivity index (χ3n) is 2.77. The van der Waals surface area contributed by atoms with Crippen LogP contribution in [-0.2, 0) is 11.3 Å². The van der Waals surface area contributed by atoms with Gasteiger partial charge in [0, 0.05) is 12.7 Å². The van der Waals surface area contributed by atoms with E-state index in [2.05, 4.69) is 0 Å². The summed E-state index contributed by atoms with van der Waals surface area (Å²) in [7, 11) is 0. The molecule has 15 heavy (non-hydrogen) atoms. The minimum absolute atomic E-state index is 0.158. The van der Waals surface area contributed by atoms with Crippen LogP contribution in [-0.4, -0.2) is 27.9 Å². The fraction of sp³-hybridized carbons (Fsp3) is 0.545. The van der Waals surface area contributed by atoms with Crippen molar-refractivity contribution in [3.63, 3.8) is 0 Å². The first kappa shape index (κ1) is 10.2. The number of aromatic nitrogens is 1. The summed E-state index contributed by atoms with van der Waals surface area (Å²) in [5.74, 6) is -0.883. The number of ether oxygens (including phenoxy) is 1. The molecule has 2 unspecified atom stereocenters. The Labute approximate surface area is 88.5 Å². The summed E-state index contributed by atoms with van der Waals surface area (Å²) in [6, 6.07) is 3.36. The molecule has 4 heteroatoms. The Balaban J connectivity index is 2.04. The Morgan fingerprint density at radius 2 is 2.47 bits per heavy atom. The Morgan fingerprint density at radius 3 is 3.07 bits per heavy atom. The summed E-state index contributed by atoms with van der Waals surface area (Å²) < 4.78 is 7.40. The highest BCUT2D eigenvalue weighted by molar-refractivity contribution is 5.85. The number of carboxylic acid groups (broad SMARTS) is 1. The van der Waals surface area contributed by atoms with Crippen LogP contribution >= 0.6 is 0 Å². The van der Waals surface area contributed by atoms with Crippen LogP contribution in [0.25, 0.3) is 0 Å². The van der Waals surface area contributed by atoms with E-state index in [0.29, 0.717) is 18.3 Å². The van der Waals surface area contributed by atoms with Crippen LogP contribution in [0.3, 0.4) is 0 Å². The van der Waals surface area contributed by atoms with E-state index < -0.39 is 5.97 Å². The summed E-state index contributed by atoms with van der Waals surface area (Å²) >= 11 is 0. The molecule has 1 aromatic heterocycles. The van der Waals surface area contributed by atoms with Crippen molar-refractivity contribution in [1.29, 1.82) is 0 Å². The predicted molar refractivity (Wildman–Crippen MR) is 55.0 cm³/mol. The van der Waals surface area contributed by atoms with Crippen molar-refractivity contribution in [1.82, 2.24) is 4.57 Å². The second-order valence-corrected chi connectivity index (χ2v) is 4.00. The van der Waals surface area contributed by atoms with Gasteiger partial charge in [0.15, 0.2) is 0 Å². The molecule has 0 aromatic carbocycles. The van der Waals surface area contributed by atoms with Crippen LogP contribution in [0.2, 0.25) is 0 Å². The van der Waals surface area contributed by atoms with E-state index in [9.17, 15) is 4.79 Å². The molecule has 2 rings (SSSR count). The summed E-state index contributed by atoms with van der Waals surface area (Å²) in [6.45, 7) is 2.69. The van der Waals surface area contributed by atoms with E-state index in [4.69, 9.17) is 9.84 Å². The standard InChI is InChI=1S/C11H15NO3/c1-8-4-5-9(15-8)7-12-6-2-3-10(12)11(13)14/h2-3,6,8-9H,4-5,7H2,1H3,(H,13,14). The van der Waals surface area contributed by atoms with Crippen molar-refractivity contribution in [2.45, 2.75) is 38.5 Å². The van der Waals surface area contributed by atoms with E-state index in [1.165, 1.54) is 0 Å². The molecule has 0 amide bonds. The van der Waals surface area contributed by atoms with Gasteiger partial charge in [-0.2, -0.15) is 0 Å². The lowest BCUT2D eigenvalue weighted by atomic mass is 10.2. The molecule has 0 spiro atoms. The molecule has 1 N–H and O–H groups in total. The Hall–Kier alpha value is -1.29. The van der Waals surface area contributed by atoms with Gasteiger partial charge in [-0.05, 0) is 31.9 Å². The number of hydrogen-bond donors (Lipinski definition) is 1. The minimum atomic E-state index is -0.883. The molecule has 0 radical (unpaired) electrons. The van der Waals surface area contributed by atoms with Crippen LogP contribution in [0.4, 0.5) is 0 Å². The topological polar surface area (TPSA) is 51.5 Å². The average Bonchev–Trinajstić information content (AvgIpc) is 2.75. The van der Waals surface area contributed by atoms with Gasteiger partial charge in [0.2, 0.25) is 0 Å².